The fraction of sp³-hybridized carbons (Fsp3) is 0.579. The summed E-state index contributed by atoms with van der Waals surface area (Å²) in [6, 6.07) is 3.77. The molecule has 0 radical (unpaired) electrons. The van der Waals surface area contributed by atoms with Crippen LogP contribution in [0.3, 0.4) is 0 Å². The Kier molecular flexibility index (Phi) is 6.91. The Bertz CT molecular complexity index is 690. The van der Waals surface area contributed by atoms with Crippen LogP contribution in [0.1, 0.15) is 20.8 Å². The van der Waals surface area contributed by atoms with E-state index >= 15 is 0 Å². The number of carbonyl (C=O) groups excluding carboxylic acids is 2. The zero-order valence-corrected chi connectivity index (χ0v) is 16.4. The second-order valence-corrected chi connectivity index (χ2v) is 7.98. The zero-order chi connectivity index (χ0) is 20.2. The average molecular weight is 380 g/mol. The van der Waals surface area contributed by atoms with Gasteiger partial charge in [0.15, 0.2) is 0 Å². The summed E-state index contributed by atoms with van der Waals surface area (Å²) in [7, 11) is 1.84. The molecule has 0 bridgehead atoms. The molecule has 1 atom stereocenters. The third kappa shape index (κ3) is 5.72. The maximum absolute atomic E-state index is 14.5. The summed E-state index contributed by atoms with van der Waals surface area (Å²) in [5.74, 6) is -1.15. The second kappa shape index (κ2) is 8.77. The summed E-state index contributed by atoms with van der Waals surface area (Å²) in [6.45, 7) is 7.69. The predicted molar refractivity (Wildman–Crippen MR) is 103 cm³/mol. The van der Waals surface area contributed by atoms with Crippen molar-refractivity contribution in [2.45, 2.75) is 26.8 Å². The van der Waals surface area contributed by atoms with Gasteiger partial charge in [-0.2, -0.15) is 0 Å². The SMILES string of the molecule is CN(CC(C)(C)C)[C@@H](CN)C(=O)Nc1ccc(N2CCOCC2=O)c(F)c1. The van der Waals surface area contributed by atoms with Gasteiger partial charge in [0, 0.05) is 25.3 Å². The standard InChI is InChI=1S/C19H29FN4O3/c1-19(2,3)12-23(4)16(10-21)18(26)22-13-5-6-15(14(20)9-13)24-7-8-27-11-17(24)25/h5-6,9,16H,7-8,10-12,21H2,1-4H3,(H,22,26)/t16-/m0/s1. The number of halogens is 1. The number of hydrogen-bond donors (Lipinski definition) is 2. The van der Waals surface area contributed by atoms with Crippen LogP contribution in [-0.4, -0.2) is 62.7 Å². The Labute approximate surface area is 159 Å². The highest BCUT2D eigenvalue weighted by Gasteiger charge is 2.26. The van der Waals surface area contributed by atoms with Gasteiger partial charge in [0.1, 0.15) is 18.5 Å². The molecule has 7 nitrogen and oxygen atoms in total. The first-order valence-electron chi connectivity index (χ1n) is 9.01. The van der Waals surface area contributed by atoms with Gasteiger partial charge in [-0.05, 0) is 30.7 Å². The number of carbonyl (C=O) groups is 2. The van der Waals surface area contributed by atoms with Gasteiger partial charge >= 0.3 is 0 Å². The van der Waals surface area contributed by atoms with Gasteiger partial charge in [0.05, 0.1) is 12.3 Å². The normalized spacial score (nSPS) is 16.6. The van der Waals surface area contributed by atoms with Crippen LogP contribution in [0.5, 0.6) is 0 Å². The average Bonchev–Trinajstić information content (AvgIpc) is 2.55. The molecule has 0 unspecified atom stereocenters. The number of amides is 2. The molecule has 3 N–H and O–H groups in total. The monoisotopic (exact) mass is 380 g/mol. The summed E-state index contributed by atoms with van der Waals surface area (Å²) in [4.78, 5) is 27.7. The summed E-state index contributed by atoms with van der Waals surface area (Å²) >= 11 is 0. The van der Waals surface area contributed by atoms with Crippen molar-refractivity contribution >= 4 is 23.2 Å². The van der Waals surface area contributed by atoms with E-state index in [1.54, 1.807) is 6.07 Å². The Morgan fingerprint density at radius 2 is 2.15 bits per heavy atom. The molecule has 27 heavy (non-hydrogen) atoms. The number of likely N-dealkylation sites (N-methyl/N-ethyl adjacent to an activating group) is 1. The molecule has 1 saturated heterocycles. The summed E-state index contributed by atoms with van der Waals surface area (Å²) in [5, 5.41) is 2.71. The number of nitrogens with zero attached hydrogens (tertiary/aromatic N) is 2. The second-order valence-electron chi connectivity index (χ2n) is 7.98. The first-order valence-corrected chi connectivity index (χ1v) is 9.01. The topological polar surface area (TPSA) is 87.9 Å². The van der Waals surface area contributed by atoms with Crippen LogP contribution >= 0.6 is 0 Å². The van der Waals surface area contributed by atoms with E-state index in [0.717, 1.165) is 0 Å². The van der Waals surface area contributed by atoms with Crippen molar-refractivity contribution in [3.63, 3.8) is 0 Å². The summed E-state index contributed by atoms with van der Waals surface area (Å²) in [5.41, 5.74) is 6.30. The molecule has 1 aromatic carbocycles. The van der Waals surface area contributed by atoms with Crippen molar-refractivity contribution in [3.8, 4) is 0 Å². The van der Waals surface area contributed by atoms with E-state index < -0.39 is 11.9 Å². The minimum absolute atomic E-state index is 0.0148. The van der Waals surface area contributed by atoms with Crippen LogP contribution in [0, 0.1) is 11.2 Å². The van der Waals surface area contributed by atoms with Crippen LogP contribution < -0.4 is 16.0 Å². The lowest BCUT2D eigenvalue weighted by Gasteiger charge is -2.32. The molecule has 0 saturated carbocycles. The van der Waals surface area contributed by atoms with E-state index in [1.807, 2.05) is 11.9 Å². The highest BCUT2D eigenvalue weighted by molar-refractivity contribution is 5.97. The minimum atomic E-state index is -0.574. The summed E-state index contributed by atoms with van der Waals surface area (Å²) < 4.78 is 19.6. The van der Waals surface area contributed by atoms with Crippen LogP contribution in [0.15, 0.2) is 18.2 Å². The number of hydrogen-bond acceptors (Lipinski definition) is 5. The lowest BCUT2D eigenvalue weighted by atomic mass is 9.95. The third-order valence-electron chi connectivity index (χ3n) is 4.27. The van der Waals surface area contributed by atoms with E-state index in [1.165, 1.54) is 17.0 Å². The molecule has 1 aromatic rings. The van der Waals surface area contributed by atoms with Gasteiger partial charge in [-0.1, -0.05) is 20.8 Å². The molecule has 0 aliphatic carbocycles. The lowest BCUT2D eigenvalue weighted by Crippen LogP contribution is -2.49. The Balaban J connectivity index is 2.09. The van der Waals surface area contributed by atoms with Gasteiger partial charge in [-0.3, -0.25) is 14.5 Å². The molecule has 1 fully saturated rings. The highest BCUT2D eigenvalue weighted by atomic mass is 19.1. The fourth-order valence-corrected chi connectivity index (χ4v) is 3.15. The molecule has 1 aliphatic heterocycles. The van der Waals surface area contributed by atoms with Gasteiger partial charge < -0.3 is 20.7 Å². The highest BCUT2D eigenvalue weighted by Crippen LogP contribution is 2.24. The number of rotatable bonds is 6. The molecule has 0 spiro atoms. The van der Waals surface area contributed by atoms with Gasteiger partial charge in [0.25, 0.3) is 5.91 Å². The van der Waals surface area contributed by atoms with Gasteiger partial charge in [-0.25, -0.2) is 4.39 Å². The fourth-order valence-electron chi connectivity index (χ4n) is 3.15. The van der Waals surface area contributed by atoms with E-state index in [9.17, 15) is 14.0 Å². The van der Waals surface area contributed by atoms with Crippen LogP contribution in [0.25, 0.3) is 0 Å². The van der Waals surface area contributed by atoms with Gasteiger partial charge in [-0.15, -0.1) is 0 Å². The Hall–Kier alpha value is -2.03. The van der Waals surface area contributed by atoms with Crippen molar-refractivity contribution in [2.24, 2.45) is 11.1 Å². The molecule has 150 valence electrons. The predicted octanol–water partition coefficient (Wildman–Crippen LogP) is 1.43. The smallest absolute Gasteiger partial charge is 0.253 e. The number of benzene rings is 1. The largest absolute Gasteiger partial charge is 0.370 e. The number of morpholine rings is 1. The van der Waals surface area contributed by atoms with E-state index in [2.05, 4.69) is 26.1 Å². The molecular formula is C19H29FN4O3. The zero-order valence-electron chi connectivity index (χ0n) is 16.4. The molecule has 8 heteroatoms. The maximum Gasteiger partial charge on any atom is 0.253 e. The Morgan fingerprint density at radius 3 is 2.70 bits per heavy atom. The first-order chi connectivity index (χ1) is 12.6. The van der Waals surface area contributed by atoms with Crippen molar-refractivity contribution in [1.82, 2.24) is 4.90 Å². The van der Waals surface area contributed by atoms with E-state index in [0.29, 0.717) is 25.4 Å². The number of anilines is 2. The molecule has 0 aromatic heterocycles. The van der Waals surface area contributed by atoms with Crippen LogP contribution in [0.4, 0.5) is 15.8 Å². The van der Waals surface area contributed by atoms with Crippen LogP contribution in [-0.2, 0) is 14.3 Å². The van der Waals surface area contributed by atoms with Gasteiger partial charge in [0.2, 0.25) is 5.91 Å². The molecule has 2 rings (SSSR count). The molecule has 1 heterocycles. The molecule has 2 amide bonds. The van der Waals surface area contributed by atoms with E-state index in [4.69, 9.17) is 10.5 Å². The van der Waals surface area contributed by atoms with E-state index in [-0.39, 0.29) is 36.1 Å². The van der Waals surface area contributed by atoms with Crippen molar-refractivity contribution in [3.05, 3.63) is 24.0 Å². The van der Waals surface area contributed by atoms with Crippen molar-refractivity contribution < 1.29 is 18.7 Å². The maximum atomic E-state index is 14.5. The van der Waals surface area contributed by atoms with Crippen molar-refractivity contribution in [2.75, 3.05) is 50.1 Å². The van der Waals surface area contributed by atoms with Crippen LogP contribution in [0.2, 0.25) is 0 Å². The molecular weight excluding hydrogens is 351 g/mol. The number of ether oxygens (including phenoxy) is 1. The summed E-state index contributed by atoms with van der Waals surface area (Å²) in [6.07, 6.45) is 0. The quantitative estimate of drug-likeness (QED) is 0.780. The first kappa shape index (κ1) is 21.3. The lowest BCUT2D eigenvalue weighted by molar-refractivity contribution is -0.125. The molecule has 1 aliphatic rings. The third-order valence-corrected chi connectivity index (χ3v) is 4.27. The Morgan fingerprint density at radius 1 is 1.44 bits per heavy atom. The number of nitrogens with two attached hydrogens (primary N) is 1. The van der Waals surface area contributed by atoms with Crippen molar-refractivity contribution in [1.29, 1.82) is 0 Å². The number of nitrogens with one attached hydrogen (secondary N) is 1. The minimum Gasteiger partial charge on any atom is -0.370 e.